The quantitative estimate of drug-likeness (QED) is 0.740. The van der Waals surface area contributed by atoms with Crippen LogP contribution in [0.2, 0.25) is 0 Å². The van der Waals surface area contributed by atoms with Crippen LogP contribution in [0.5, 0.6) is 5.75 Å². The lowest BCUT2D eigenvalue weighted by Gasteiger charge is -2.23. The summed E-state index contributed by atoms with van der Waals surface area (Å²) >= 11 is 0. The molecule has 3 heteroatoms. The highest BCUT2D eigenvalue weighted by molar-refractivity contribution is 6.06. The van der Waals surface area contributed by atoms with Crippen molar-refractivity contribution in [2.24, 2.45) is 0 Å². The van der Waals surface area contributed by atoms with E-state index in [1.54, 1.807) is 7.11 Å². The van der Waals surface area contributed by atoms with Gasteiger partial charge in [-0.25, -0.2) is 0 Å². The average molecular weight is 351 g/mol. The molecule has 0 heterocycles. The van der Waals surface area contributed by atoms with E-state index in [9.17, 15) is 4.79 Å². The Labute approximate surface area is 156 Å². The van der Waals surface area contributed by atoms with Gasteiger partial charge < -0.3 is 10.1 Å². The Morgan fingerprint density at radius 2 is 1.65 bits per heavy atom. The normalized spacial score (nSPS) is 14.3. The minimum Gasteiger partial charge on any atom is -0.495 e. The van der Waals surface area contributed by atoms with E-state index in [0.717, 1.165) is 35.4 Å². The zero-order valence-corrected chi connectivity index (χ0v) is 16.3. The summed E-state index contributed by atoms with van der Waals surface area (Å²) in [5.41, 5.74) is 5.13. The number of carbonyl (C=O) groups is 1. The number of anilines is 1. The molecule has 0 aromatic heterocycles. The van der Waals surface area contributed by atoms with E-state index in [1.807, 2.05) is 24.3 Å². The molecule has 0 aliphatic heterocycles. The Hall–Kier alpha value is -2.29. The molecule has 1 N–H and O–H groups in total. The Kier molecular flexibility index (Phi) is 5.36. The third-order valence-corrected chi connectivity index (χ3v) is 5.14. The highest BCUT2D eigenvalue weighted by atomic mass is 16.5. The Bertz CT molecular complexity index is 802. The van der Waals surface area contributed by atoms with Gasteiger partial charge in [0.1, 0.15) is 5.75 Å². The third kappa shape index (κ3) is 3.92. The lowest BCUT2D eigenvalue weighted by atomic mass is 9.83. The minimum absolute atomic E-state index is 0.0811. The maximum absolute atomic E-state index is 13.0. The van der Waals surface area contributed by atoms with Crippen LogP contribution in [-0.4, -0.2) is 13.0 Å². The summed E-state index contributed by atoms with van der Waals surface area (Å²) in [6.45, 7) is 6.38. The standard InChI is InChI=1S/C23H29NO2/c1-23(2,3)19-13-9-8-12-18(19)22(25)24-20-14-16-10-6-5-7-11-17(16)15-21(20)26-4/h8-9,12-15H,5-7,10-11H2,1-4H3,(H,24,25). The second-order valence-electron chi connectivity index (χ2n) is 8.13. The van der Waals surface area contributed by atoms with E-state index >= 15 is 0 Å². The Morgan fingerprint density at radius 1 is 1.00 bits per heavy atom. The molecule has 26 heavy (non-hydrogen) atoms. The number of aryl methyl sites for hydroxylation is 2. The number of ether oxygens (including phenoxy) is 1. The topological polar surface area (TPSA) is 38.3 Å². The van der Waals surface area contributed by atoms with Crippen LogP contribution in [0.1, 0.15) is 67.1 Å². The first kappa shape index (κ1) is 18.5. The molecule has 2 aromatic rings. The lowest BCUT2D eigenvalue weighted by Crippen LogP contribution is -2.21. The number of benzene rings is 2. The van der Waals surface area contributed by atoms with Gasteiger partial charge in [0.15, 0.2) is 0 Å². The molecule has 3 rings (SSSR count). The summed E-state index contributed by atoms with van der Waals surface area (Å²) in [7, 11) is 1.66. The molecule has 0 bridgehead atoms. The van der Waals surface area contributed by atoms with E-state index in [2.05, 4.69) is 38.2 Å². The molecule has 3 nitrogen and oxygen atoms in total. The van der Waals surface area contributed by atoms with E-state index in [4.69, 9.17) is 4.74 Å². The van der Waals surface area contributed by atoms with Crippen LogP contribution < -0.4 is 10.1 Å². The first-order valence-electron chi connectivity index (χ1n) is 9.51. The molecule has 1 aliphatic carbocycles. The number of fused-ring (bicyclic) bond motifs is 1. The van der Waals surface area contributed by atoms with Crippen LogP contribution in [0.3, 0.4) is 0 Å². The van der Waals surface area contributed by atoms with Crippen molar-refractivity contribution < 1.29 is 9.53 Å². The van der Waals surface area contributed by atoms with Crippen molar-refractivity contribution in [2.45, 2.75) is 58.3 Å². The molecule has 0 atom stereocenters. The van der Waals surface area contributed by atoms with Gasteiger partial charge in [0.2, 0.25) is 0 Å². The number of nitrogens with one attached hydrogen (secondary N) is 1. The zero-order valence-electron chi connectivity index (χ0n) is 16.3. The fourth-order valence-corrected chi connectivity index (χ4v) is 3.73. The van der Waals surface area contributed by atoms with Crippen LogP contribution in [-0.2, 0) is 18.3 Å². The highest BCUT2D eigenvalue weighted by Crippen LogP contribution is 2.33. The fourth-order valence-electron chi connectivity index (χ4n) is 3.73. The van der Waals surface area contributed by atoms with E-state index in [0.29, 0.717) is 0 Å². The molecule has 1 amide bonds. The van der Waals surface area contributed by atoms with Crippen LogP contribution in [0.25, 0.3) is 0 Å². The lowest BCUT2D eigenvalue weighted by molar-refractivity contribution is 0.102. The van der Waals surface area contributed by atoms with Gasteiger partial charge in [-0.15, -0.1) is 0 Å². The van der Waals surface area contributed by atoms with Crippen molar-refractivity contribution in [3.63, 3.8) is 0 Å². The van der Waals surface area contributed by atoms with E-state index in [-0.39, 0.29) is 11.3 Å². The monoisotopic (exact) mass is 351 g/mol. The smallest absolute Gasteiger partial charge is 0.256 e. The van der Waals surface area contributed by atoms with Gasteiger partial charge in [-0.05, 0) is 66.0 Å². The Morgan fingerprint density at radius 3 is 2.31 bits per heavy atom. The largest absolute Gasteiger partial charge is 0.495 e. The van der Waals surface area contributed by atoms with Gasteiger partial charge in [0.05, 0.1) is 12.8 Å². The second kappa shape index (κ2) is 7.53. The van der Waals surface area contributed by atoms with Crippen molar-refractivity contribution in [2.75, 3.05) is 12.4 Å². The van der Waals surface area contributed by atoms with Gasteiger partial charge in [-0.3, -0.25) is 4.79 Å². The first-order chi connectivity index (χ1) is 12.4. The van der Waals surface area contributed by atoms with Gasteiger partial charge in [-0.1, -0.05) is 45.4 Å². The number of amides is 1. The minimum atomic E-state index is -0.0915. The molecule has 138 valence electrons. The maximum Gasteiger partial charge on any atom is 0.256 e. The van der Waals surface area contributed by atoms with Crippen molar-refractivity contribution in [3.05, 3.63) is 58.7 Å². The molecule has 2 aromatic carbocycles. The number of rotatable bonds is 3. The van der Waals surface area contributed by atoms with E-state index < -0.39 is 0 Å². The molecular formula is C23H29NO2. The number of methoxy groups -OCH3 is 1. The Balaban J connectivity index is 1.94. The van der Waals surface area contributed by atoms with Gasteiger partial charge in [-0.2, -0.15) is 0 Å². The average Bonchev–Trinajstić information content (AvgIpc) is 2.85. The summed E-state index contributed by atoms with van der Waals surface area (Å²) in [4.78, 5) is 13.0. The molecule has 0 radical (unpaired) electrons. The molecule has 0 unspecified atom stereocenters. The SMILES string of the molecule is COc1cc2c(cc1NC(=O)c1ccccc1C(C)(C)C)CCCCC2. The van der Waals surface area contributed by atoms with Crippen molar-refractivity contribution >= 4 is 11.6 Å². The summed E-state index contributed by atoms with van der Waals surface area (Å²) in [6.07, 6.45) is 5.85. The highest BCUT2D eigenvalue weighted by Gasteiger charge is 2.22. The van der Waals surface area contributed by atoms with Crippen LogP contribution in [0.15, 0.2) is 36.4 Å². The molecule has 0 fully saturated rings. The summed E-state index contributed by atoms with van der Waals surface area (Å²) in [5.74, 6) is 0.662. The summed E-state index contributed by atoms with van der Waals surface area (Å²) in [5, 5.41) is 3.10. The number of hydrogen-bond donors (Lipinski definition) is 1. The van der Waals surface area contributed by atoms with Crippen molar-refractivity contribution in [1.82, 2.24) is 0 Å². The van der Waals surface area contributed by atoms with Crippen LogP contribution in [0, 0.1) is 0 Å². The second-order valence-corrected chi connectivity index (χ2v) is 8.13. The zero-order chi connectivity index (χ0) is 18.7. The molecular weight excluding hydrogens is 322 g/mol. The predicted molar refractivity (Wildman–Crippen MR) is 107 cm³/mol. The molecule has 0 saturated heterocycles. The van der Waals surface area contributed by atoms with Crippen molar-refractivity contribution in [3.8, 4) is 5.75 Å². The number of hydrogen-bond acceptors (Lipinski definition) is 2. The summed E-state index contributed by atoms with van der Waals surface area (Å²) in [6, 6.07) is 12.0. The van der Waals surface area contributed by atoms with E-state index in [1.165, 1.54) is 30.4 Å². The van der Waals surface area contributed by atoms with Gasteiger partial charge >= 0.3 is 0 Å². The predicted octanol–water partition coefficient (Wildman–Crippen LogP) is 5.51. The number of carbonyl (C=O) groups excluding carboxylic acids is 1. The maximum atomic E-state index is 13.0. The fraction of sp³-hybridized carbons (Fsp3) is 0.435. The van der Waals surface area contributed by atoms with Crippen LogP contribution in [0.4, 0.5) is 5.69 Å². The van der Waals surface area contributed by atoms with Gasteiger partial charge in [0, 0.05) is 5.56 Å². The first-order valence-corrected chi connectivity index (χ1v) is 9.51. The van der Waals surface area contributed by atoms with Crippen molar-refractivity contribution in [1.29, 1.82) is 0 Å². The third-order valence-electron chi connectivity index (χ3n) is 5.14. The summed E-state index contributed by atoms with van der Waals surface area (Å²) < 4.78 is 5.57. The molecule has 0 spiro atoms. The molecule has 0 saturated carbocycles. The van der Waals surface area contributed by atoms with Gasteiger partial charge in [0.25, 0.3) is 5.91 Å². The molecule has 1 aliphatic rings. The van der Waals surface area contributed by atoms with Crippen LogP contribution >= 0.6 is 0 Å².